The molecule has 81 heavy (non-hydrogen) atoms. The molecule has 0 bridgehead atoms. The Morgan fingerprint density at radius 2 is 0.889 bits per heavy atom. The van der Waals surface area contributed by atoms with E-state index in [1.165, 1.54) is 32.1 Å². The number of imide groups is 2. The maximum atomic E-state index is 13.8. The molecule has 14 nitrogen and oxygen atoms in total. The minimum absolute atomic E-state index is 0.0746. The number of hydrogen-bond donors (Lipinski definition) is 0. The average Bonchev–Trinajstić information content (AvgIpc) is 4.32. The van der Waals surface area contributed by atoms with Crippen LogP contribution in [0.5, 0.6) is 0 Å². The van der Waals surface area contributed by atoms with Gasteiger partial charge in [-0.1, -0.05) is 48.5 Å². The van der Waals surface area contributed by atoms with E-state index in [-0.39, 0.29) is 35.8 Å². The Balaban J connectivity index is 0.608. The van der Waals surface area contributed by atoms with Crippen LogP contribution in [0.2, 0.25) is 0 Å². The summed E-state index contributed by atoms with van der Waals surface area (Å²) in [7, 11) is 0. The molecule has 6 heterocycles. The lowest BCUT2D eigenvalue weighted by atomic mass is 9.72. The quantitative estimate of drug-likeness (QED) is 0.0844. The molecule has 0 spiro atoms. The largest absolute Gasteiger partial charge is 0.460 e. The molecule has 408 valence electrons. The van der Waals surface area contributed by atoms with E-state index in [0.717, 1.165) is 88.5 Å². The molecule has 8 aliphatic rings. The molecule has 1 saturated carbocycles. The van der Waals surface area contributed by atoms with Crippen LogP contribution in [0.15, 0.2) is 144 Å². The summed E-state index contributed by atoms with van der Waals surface area (Å²) in [4.78, 5) is 91.2. The molecule has 0 radical (unpaired) electrons. The van der Waals surface area contributed by atoms with Crippen molar-refractivity contribution in [1.29, 1.82) is 0 Å². The molecular weight excluding hydrogens is 1060 g/mol. The van der Waals surface area contributed by atoms with Crippen molar-refractivity contribution >= 4 is 102 Å². The Hall–Kier alpha value is -7.76. The van der Waals surface area contributed by atoms with Gasteiger partial charge in [0.05, 0.1) is 60.1 Å². The van der Waals surface area contributed by atoms with Gasteiger partial charge in [-0.2, -0.15) is 0 Å². The first kappa shape index (κ1) is 51.4. The van der Waals surface area contributed by atoms with E-state index >= 15 is 0 Å². The molecule has 4 amide bonds. The Bertz CT molecular complexity index is 3600. The minimum Gasteiger partial charge on any atom is -0.460 e. The van der Waals surface area contributed by atoms with Gasteiger partial charge in [0, 0.05) is 91.2 Å². The molecule has 2 unspecified atom stereocenters. The van der Waals surface area contributed by atoms with Gasteiger partial charge in [0.15, 0.2) is 0 Å². The summed E-state index contributed by atoms with van der Waals surface area (Å²) in [6.45, 7) is 9.62. The van der Waals surface area contributed by atoms with Crippen LogP contribution >= 0.6 is 23.5 Å². The van der Waals surface area contributed by atoms with Gasteiger partial charge >= 0.3 is 11.9 Å². The summed E-state index contributed by atoms with van der Waals surface area (Å²) in [6, 6.07) is 33.5. The molecule has 2 aliphatic carbocycles. The number of fused-ring (bicyclic) bond motifs is 4. The smallest absolute Gasteiger partial charge is 0.338 e. The molecule has 6 aromatic carbocycles. The number of carbonyl (C=O) groups excluding carboxylic acids is 6. The van der Waals surface area contributed by atoms with Gasteiger partial charge in [-0.3, -0.25) is 29.0 Å². The van der Waals surface area contributed by atoms with Crippen molar-refractivity contribution in [3.8, 4) is 0 Å². The molecule has 0 N–H and O–H groups in total. The zero-order chi connectivity index (χ0) is 55.3. The summed E-state index contributed by atoms with van der Waals surface area (Å²) >= 11 is 3.70. The van der Waals surface area contributed by atoms with Crippen LogP contribution in [0.4, 0.5) is 11.4 Å². The number of esters is 2. The third kappa shape index (κ3) is 8.30. The second-order valence-electron chi connectivity index (χ2n) is 21.8. The molecule has 6 aliphatic heterocycles. The lowest BCUT2D eigenvalue weighted by Crippen LogP contribution is -2.47. The number of ether oxygens (including phenoxy) is 4. The van der Waals surface area contributed by atoms with Gasteiger partial charge in [-0.15, -0.1) is 23.5 Å². The maximum Gasteiger partial charge on any atom is 0.338 e. The molecule has 0 aromatic heterocycles. The van der Waals surface area contributed by atoms with Crippen LogP contribution in [-0.2, 0) is 18.9 Å². The van der Waals surface area contributed by atoms with E-state index in [1.807, 2.05) is 84.2 Å². The van der Waals surface area contributed by atoms with Gasteiger partial charge in [0.2, 0.25) is 0 Å². The predicted octanol–water partition coefficient (Wildman–Crippen LogP) is 10.8. The number of thioether (sulfide) groups is 2. The van der Waals surface area contributed by atoms with Crippen LogP contribution in [0.25, 0.3) is 31.4 Å². The van der Waals surface area contributed by atoms with Crippen LogP contribution in [0, 0.1) is 0 Å². The van der Waals surface area contributed by atoms with E-state index in [1.54, 1.807) is 48.5 Å². The van der Waals surface area contributed by atoms with E-state index in [2.05, 4.69) is 35.8 Å². The molecule has 6 aromatic rings. The van der Waals surface area contributed by atoms with Crippen molar-refractivity contribution in [3.05, 3.63) is 188 Å². The average molecular weight is 1120 g/mol. The zero-order valence-electron chi connectivity index (χ0n) is 44.8. The first-order valence-electron chi connectivity index (χ1n) is 27.7. The first-order valence-corrected chi connectivity index (χ1v) is 29.4. The van der Waals surface area contributed by atoms with E-state index in [0.29, 0.717) is 70.6 Å². The van der Waals surface area contributed by atoms with Crippen molar-refractivity contribution in [3.63, 3.8) is 0 Å². The number of allylic oxidation sites excluding steroid dienone is 4. The second-order valence-corrected chi connectivity index (χ2v) is 24.7. The number of carbonyl (C=O) groups is 6. The van der Waals surface area contributed by atoms with Gasteiger partial charge < -0.3 is 28.7 Å². The lowest BCUT2D eigenvalue weighted by Gasteiger charge is -2.47. The van der Waals surface area contributed by atoms with Crippen molar-refractivity contribution in [2.45, 2.75) is 42.6 Å². The predicted molar refractivity (Wildman–Crippen MR) is 314 cm³/mol. The fourth-order valence-electron chi connectivity index (χ4n) is 13.2. The Morgan fingerprint density at radius 1 is 0.506 bits per heavy atom. The lowest BCUT2D eigenvalue weighted by molar-refractivity contribution is 0.0405. The SMILES string of the molecule is CC12SC(c3ccc(C(=O)OCCN4C(=O)c5cccc6c(N7CCOCC7)ccc(c56)C4=O)cc3)=CC1=C1CCCC1=C1C=C(c3ccc(C(=O)OCCN4C(=O)c5cccc6c(N7CCOCC7)ccc(c56)C4=O)cc3)SC12C. The van der Waals surface area contributed by atoms with Gasteiger partial charge in [-0.25, -0.2) is 9.59 Å². The number of amides is 4. The number of hydrogen-bond acceptors (Lipinski definition) is 14. The van der Waals surface area contributed by atoms with Crippen molar-refractivity contribution < 1.29 is 47.7 Å². The van der Waals surface area contributed by atoms with Crippen LogP contribution in [-0.4, -0.2) is 134 Å². The van der Waals surface area contributed by atoms with Crippen molar-refractivity contribution in [2.24, 2.45) is 0 Å². The summed E-state index contributed by atoms with van der Waals surface area (Å²) < 4.78 is 21.9. The fraction of sp³-hybridized carbons (Fsp3) is 0.292. The number of anilines is 2. The molecule has 3 fully saturated rings. The highest BCUT2D eigenvalue weighted by Crippen LogP contribution is 2.70. The van der Waals surface area contributed by atoms with Crippen molar-refractivity contribution in [2.75, 3.05) is 88.7 Å². The Kier molecular flexibility index (Phi) is 12.7. The van der Waals surface area contributed by atoms with Gasteiger partial charge in [0.1, 0.15) is 13.2 Å². The molecule has 14 rings (SSSR count). The molecule has 2 atom stereocenters. The van der Waals surface area contributed by atoms with Crippen LogP contribution in [0.3, 0.4) is 0 Å². The zero-order valence-corrected chi connectivity index (χ0v) is 46.5. The summed E-state index contributed by atoms with van der Waals surface area (Å²) in [6.07, 6.45) is 7.77. The van der Waals surface area contributed by atoms with Crippen molar-refractivity contribution in [1.82, 2.24) is 9.80 Å². The Morgan fingerprint density at radius 3 is 1.28 bits per heavy atom. The van der Waals surface area contributed by atoms with E-state index in [4.69, 9.17) is 18.9 Å². The summed E-state index contributed by atoms with van der Waals surface area (Å²) in [5.74, 6) is -2.71. The topological polar surface area (TPSA) is 152 Å². The number of rotatable bonds is 12. The van der Waals surface area contributed by atoms with Crippen LogP contribution < -0.4 is 9.80 Å². The number of morpholine rings is 2. The highest BCUT2D eigenvalue weighted by atomic mass is 32.2. The third-order valence-electron chi connectivity index (χ3n) is 17.5. The number of benzene rings is 6. The number of nitrogens with zero attached hydrogens (tertiary/aromatic N) is 4. The van der Waals surface area contributed by atoms with Gasteiger partial charge in [-0.05, 0) is 139 Å². The fourth-order valence-corrected chi connectivity index (χ4v) is 16.4. The molecule has 2 saturated heterocycles. The normalized spacial score (nSPS) is 22.1. The summed E-state index contributed by atoms with van der Waals surface area (Å²) in [5.41, 5.74) is 12.0. The standard InChI is InChI=1S/C65H56N4O10S2/c1-64-50(36-54(80-64)38-12-16-40(17-13-38)62(74)78-34-28-68-58(70)46-10-4-8-44-52(66-24-30-76-31-25-66)22-20-48(56(44)46)60(68)72)42-6-3-7-43(42)51-37-55(81-65(51,64)2)39-14-18-41(19-15-39)63(75)79-35-29-69-59(71)47-11-5-9-45-53(67-26-32-77-33-27-67)23-21-49(57(45)47)61(69)73/h4-5,8-23,36-37H,3,6-7,24-35H2,1-2H3. The molecular formula is C65H56N4O10S2. The van der Waals surface area contributed by atoms with E-state index in [9.17, 15) is 28.8 Å². The maximum absolute atomic E-state index is 13.8. The Labute approximate surface area is 476 Å². The minimum atomic E-state index is -0.537. The highest BCUT2D eigenvalue weighted by Gasteiger charge is 2.59. The second kappa shape index (κ2) is 20.0. The summed E-state index contributed by atoms with van der Waals surface area (Å²) in [5, 5.41) is 3.03. The first-order chi connectivity index (χ1) is 39.4. The van der Waals surface area contributed by atoms with Crippen LogP contribution in [0.1, 0.15) is 106 Å². The molecule has 16 heteroatoms. The monoisotopic (exact) mass is 1120 g/mol. The highest BCUT2D eigenvalue weighted by molar-refractivity contribution is 8.14. The van der Waals surface area contributed by atoms with Gasteiger partial charge in [0.25, 0.3) is 23.6 Å². The van der Waals surface area contributed by atoms with E-state index < -0.39 is 35.6 Å². The third-order valence-corrected chi connectivity index (χ3v) is 20.9.